The molecular formula is C16H28N2O2. The highest BCUT2D eigenvalue weighted by atomic mass is 16.3. The standard InChI is InChI=1S/C16H28N2O2/c19-9-8-17-4-1-5-18(7-6-17)16(20)12-15-11-13-2-3-14(15)10-13/h13-15,19H,1-12H2. The molecular weight excluding hydrogens is 252 g/mol. The summed E-state index contributed by atoms with van der Waals surface area (Å²) >= 11 is 0. The Labute approximate surface area is 122 Å². The summed E-state index contributed by atoms with van der Waals surface area (Å²) in [6.07, 6.45) is 7.31. The number of amides is 1. The predicted molar refractivity (Wildman–Crippen MR) is 78.3 cm³/mol. The van der Waals surface area contributed by atoms with E-state index in [0.717, 1.165) is 57.4 Å². The molecule has 1 aliphatic heterocycles. The molecule has 2 bridgehead atoms. The van der Waals surface area contributed by atoms with Gasteiger partial charge in [0.2, 0.25) is 5.91 Å². The van der Waals surface area contributed by atoms with Crippen molar-refractivity contribution in [1.82, 2.24) is 9.80 Å². The lowest BCUT2D eigenvalue weighted by Gasteiger charge is -2.26. The van der Waals surface area contributed by atoms with E-state index in [9.17, 15) is 4.79 Å². The van der Waals surface area contributed by atoms with Gasteiger partial charge in [0, 0.05) is 32.6 Å². The molecule has 20 heavy (non-hydrogen) atoms. The quantitative estimate of drug-likeness (QED) is 0.845. The third-order valence-electron chi connectivity index (χ3n) is 5.68. The van der Waals surface area contributed by atoms with Gasteiger partial charge in [-0.05, 0) is 50.0 Å². The fraction of sp³-hybridized carbons (Fsp3) is 0.938. The van der Waals surface area contributed by atoms with E-state index in [-0.39, 0.29) is 6.61 Å². The Morgan fingerprint density at radius 1 is 1.10 bits per heavy atom. The van der Waals surface area contributed by atoms with E-state index in [1.165, 1.54) is 25.7 Å². The molecule has 114 valence electrons. The zero-order valence-corrected chi connectivity index (χ0v) is 12.5. The van der Waals surface area contributed by atoms with Gasteiger partial charge in [0.1, 0.15) is 0 Å². The first-order valence-electron chi connectivity index (χ1n) is 8.37. The summed E-state index contributed by atoms with van der Waals surface area (Å²) in [7, 11) is 0. The van der Waals surface area contributed by atoms with Gasteiger partial charge in [-0.2, -0.15) is 0 Å². The molecule has 1 saturated heterocycles. The zero-order chi connectivity index (χ0) is 13.9. The molecule has 4 nitrogen and oxygen atoms in total. The molecule has 0 aromatic rings. The topological polar surface area (TPSA) is 43.8 Å². The number of hydrogen-bond acceptors (Lipinski definition) is 3. The van der Waals surface area contributed by atoms with Crippen LogP contribution in [0.2, 0.25) is 0 Å². The van der Waals surface area contributed by atoms with Crippen molar-refractivity contribution in [2.45, 2.75) is 38.5 Å². The minimum absolute atomic E-state index is 0.221. The lowest BCUT2D eigenvalue weighted by molar-refractivity contribution is -0.132. The third kappa shape index (κ3) is 3.17. The smallest absolute Gasteiger partial charge is 0.222 e. The summed E-state index contributed by atoms with van der Waals surface area (Å²) in [6, 6.07) is 0. The summed E-state index contributed by atoms with van der Waals surface area (Å²) in [5.74, 6) is 2.84. The average molecular weight is 280 g/mol. The Morgan fingerprint density at radius 2 is 2.00 bits per heavy atom. The van der Waals surface area contributed by atoms with Crippen LogP contribution in [0.5, 0.6) is 0 Å². The first-order valence-corrected chi connectivity index (χ1v) is 8.37. The van der Waals surface area contributed by atoms with E-state index in [2.05, 4.69) is 9.80 Å². The highest BCUT2D eigenvalue weighted by Crippen LogP contribution is 2.49. The first kappa shape index (κ1) is 14.3. The molecule has 4 heteroatoms. The minimum atomic E-state index is 0.221. The number of nitrogens with zero attached hydrogens (tertiary/aromatic N) is 2. The van der Waals surface area contributed by atoms with Gasteiger partial charge in [-0.3, -0.25) is 9.69 Å². The number of fused-ring (bicyclic) bond motifs is 2. The van der Waals surface area contributed by atoms with Crippen molar-refractivity contribution in [3.05, 3.63) is 0 Å². The average Bonchev–Trinajstić information content (AvgIpc) is 2.96. The summed E-state index contributed by atoms with van der Waals surface area (Å²) in [5.41, 5.74) is 0. The van der Waals surface area contributed by atoms with Crippen molar-refractivity contribution >= 4 is 5.91 Å². The van der Waals surface area contributed by atoms with Crippen molar-refractivity contribution in [1.29, 1.82) is 0 Å². The summed E-state index contributed by atoms with van der Waals surface area (Å²) in [5, 5.41) is 9.01. The normalized spacial score (nSPS) is 34.5. The minimum Gasteiger partial charge on any atom is -0.395 e. The Hall–Kier alpha value is -0.610. The molecule has 0 spiro atoms. The Bertz CT molecular complexity index is 347. The van der Waals surface area contributed by atoms with Gasteiger partial charge in [-0.15, -0.1) is 0 Å². The van der Waals surface area contributed by atoms with Crippen LogP contribution >= 0.6 is 0 Å². The zero-order valence-electron chi connectivity index (χ0n) is 12.5. The highest BCUT2D eigenvalue weighted by Gasteiger charge is 2.40. The molecule has 3 aliphatic rings. The summed E-state index contributed by atoms with van der Waals surface area (Å²) in [6.45, 7) is 4.65. The van der Waals surface area contributed by atoms with Gasteiger partial charge >= 0.3 is 0 Å². The second kappa shape index (κ2) is 6.44. The highest BCUT2D eigenvalue weighted by molar-refractivity contribution is 5.76. The Kier molecular flexibility index (Phi) is 4.61. The molecule has 2 aliphatic carbocycles. The lowest BCUT2D eigenvalue weighted by atomic mass is 9.86. The van der Waals surface area contributed by atoms with Crippen LogP contribution in [0.3, 0.4) is 0 Å². The van der Waals surface area contributed by atoms with E-state index in [4.69, 9.17) is 5.11 Å². The fourth-order valence-electron chi connectivity index (χ4n) is 4.57. The largest absolute Gasteiger partial charge is 0.395 e. The molecule has 2 saturated carbocycles. The number of aliphatic hydroxyl groups is 1. The fourth-order valence-corrected chi connectivity index (χ4v) is 4.57. The van der Waals surface area contributed by atoms with Gasteiger partial charge in [0.25, 0.3) is 0 Å². The maximum Gasteiger partial charge on any atom is 0.222 e. The van der Waals surface area contributed by atoms with Crippen molar-refractivity contribution in [3.8, 4) is 0 Å². The monoisotopic (exact) mass is 280 g/mol. The van der Waals surface area contributed by atoms with E-state index >= 15 is 0 Å². The van der Waals surface area contributed by atoms with E-state index in [1.807, 2.05) is 0 Å². The second-order valence-electron chi connectivity index (χ2n) is 6.94. The first-order chi connectivity index (χ1) is 9.76. The van der Waals surface area contributed by atoms with Crippen LogP contribution in [-0.4, -0.2) is 60.1 Å². The van der Waals surface area contributed by atoms with Crippen molar-refractivity contribution in [2.24, 2.45) is 17.8 Å². The number of aliphatic hydroxyl groups excluding tert-OH is 1. The molecule has 0 aromatic carbocycles. The Balaban J connectivity index is 1.47. The van der Waals surface area contributed by atoms with Crippen molar-refractivity contribution in [2.75, 3.05) is 39.3 Å². The molecule has 0 aromatic heterocycles. The van der Waals surface area contributed by atoms with Gasteiger partial charge in [-0.1, -0.05) is 6.42 Å². The van der Waals surface area contributed by atoms with Gasteiger partial charge in [0.05, 0.1) is 6.61 Å². The molecule has 1 N–H and O–H groups in total. The lowest BCUT2D eigenvalue weighted by Crippen LogP contribution is -2.37. The number of carbonyl (C=O) groups excluding carboxylic acids is 1. The van der Waals surface area contributed by atoms with Crippen LogP contribution in [0.4, 0.5) is 0 Å². The van der Waals surface area contributed by atoms with Crippen LogP contribution in [-0.2, 0) is 4.79 Å². The third-order valence-corrected chi connectivity index (χ3v) is 5.68. The van der Waals surface area contributed by atoms with Gasteiger partial charge in [0.15, 0.2) is 0 Å². The van der Waals surface area contributed by atoms with E-state index < -0.39 is 0 Å². The molecule has 0 radical (unpaired) electrons. The summed E-state index contributed by atoms with van der Waals surface area (Å²) < 4.78 is 0. The summed E-state index contributed by atoms with van der Waals surface area (Å²) in [4.78, 5) is 16.8. The molecule has 3 atom stereocenters. The van der Waals surface area contributed by atoms with Crippen LogP contribution in [0.1, 0.15) is 38.5 Å². The van der Waals surface area contributed by atoms with Crippen molar-refractivity contribution < 1.29 is 9.90 Å². The van der Waals surface area contributed by atoms with E-state index in [0.29, 0.717) is 11.8 Å². The van der Waals surface area contributed by atoms with Crippen LogP contribution in [0.15, 0.2) is 0 Å². The van der Waals surface area contributed by atoms with Crippen LogP contribution in [0, 0.1) is 17.8 Å². The number of rotatable bonds is 4. The Morgan fingerprint density at radius 3 is 2.70 bits per heavy atom. The molecule has 1 heterocycles. The molecule has 3 unspecified atom stereocenters. The van der Waals surface area contributed by atoms with Gasteiger partial charge in [-0.25, -0.2) is 0 Å². The van der Waals surface area contributed by atoms with Gasteiger partial charge < -0.3 is 10.0 Å². The van der Waals surface area contributed by atoms with E-state index in [1.54, 1.807) is 0 Å². The maximum absolute atomic E-state index is 12.5. The SMILES string of the molecule is O=C(CC1CC2CCC1C2)N1CCCN(CCO)CC1. The predicted octanol–water partition coefficient (Wildman–Crippen LogP) is 1.34. The number of β-amino-alcohol motifs (C(OH)–C–C–N with tert-alkyl or cyclic N) is 1. The maximum atomic E-state index is 12.5. The van der Waals surface area contributed by atoms with Crippen LogP contribution in [0.25, 0.3) is 0 Å². The number of carbonyl (C=O) groups is 1. The van der Waals surface area contributed by atoms with Crippen molar-refractivity contribution in [3.63, 3.8) is 0 Å². The molecule has 3 rings (SSSR count). The molecule has 3 fully saturated rings. The second-order valence-corrected chi connectivity index (χ2v) is 6.94. The molecule has 1 amide bonds. The number of hydrogen-bond donors (Lipinski definition) is 1. The van der Waals surface area contributed by atoms with Crippen LogP contribution < -0.4 is 0 Å².